The van der Waals surface area contributed by atoms with E-state index in [4.69, 9.17) is 4.74 Å². The second-order valence-electron chi connectivity index (χ2n) is 4.80. The molecule has 0 heterocycles. The zero-order valence-electron chi connectivity index (χ0n) is 11.8. The van der Waals surface area contributed by atoms with Gasteiger partial charge in [0.25, 0.3) is 0 Å². The van der Waals surface area contributed by atoms with Gasteiger partial charge in [0.15, 0.2) is 11.6 Å². The third-order valence-corrected chi connectivity index (χ3v) is 3.50. The zero-order valence-corrected chi connectivity index (χ0v) is 11.8. The number of hydrogen-bond acceptors (Lipinski definition) is 2. The number of hydrogen-bond donors (Lipinski definition) is 1. The van der Waals surface area contributed by atoms with Crippen LogP contribution in [-0.4, -0.2) is 20.2 Å². The standard InChI is InChI=1S/C15H24FNO/c1-5-7-11(2)13(17-3)10-12-8-6-9-14(18-4)15(12)16/h6,8-9,11,13,17H,5,7,10H2,1-4H3. The quantitative estimate of drug-likeness (QED) is 0.804. The first kappa shape index (κ1) is 15.0. The summed E-state index contributed by atoms with van der Waals surface area (Å²) in [5.41, 5.74) is 0.719. The van der Waals surface area contributed by atoms with Crippen LogP contribution in [0.25, 0.3) is 0 Å². The molecule has 1 aromatic rings. The van der Waals surface area contributed by atoms with Gasteiger partial charge in [-0.25, -0.2) is 4.39 Å². The molecule has 2 atom stereocenters. The Morgan fingerprint density at radius 1 is 1.39 bits per heavy atom. The van der Waals surface area contributed by atoms with Crippen molar-refractivity contribution in [3.05, 3.63) is 29.6 Å². The summed E-state index contributed by atoms with van der Waals surface area (Å²) >= 11 is 0. The van der Waals surface area contributed by atoms with Gasteiger partial charge in [-0.3, -0.25) is 0 Å². The zero-order chi connectivity index (χ0) is 13.5. The topological polar surface area (TPSA) is 21.3 Å². The third-order valence-electron chi connectivity index (χ3n) is 3.50. The fourth-order valence-corrected chi connectivity index (χ4v) is 2.35. The van der Waals surface area contributed by atoms with Gasteiger partial charge in [-0.1, -0.05) is 32.4 Å². The summed E-state index contributed by atoms with van der Waals surface area (Å²) < 4.78 is 19.1. The summed E-state index contributed by atoms with van der Waals surface area (Å²) in [7, 11) is 3.44. The van der Waals surface area contributed by atoms with Crippen LogP contribution in [0.3, 0.4) is 0 Å². The molecule has 2 unspecified atom stereocenters. The fourth-order valence-electron chi connectivity index (χ4n) is 2.35. The molecule has 0 aliphatic rings. The van der Waals surface area contributed by atoms with Crippen molar-refractivity contribution < 1.29 is 9.13 Å². The summed E-state index contributed by atoms with van der Waals surface area (Å²) in [6.07, 6.45) is 3.00. The van der Waals surface area contributed by atoms with Crippen LogP contribution in [0, 0.1) is 11.7 Å². The molecule has 0 fully saturated rings. The lowest BCUT2D eigenvalue weighted by atomic mass is 9.91. The molecule has 1 aromatic carbocycles. The van der Waals surface area contributed by atoms with Crippen LogP contribution in [0.15, 0.2) is 18.2 Å². The molecular weight excluding hydrogens is 229 g/mol. The van der Waals surface area contributed by atoms with Gasteiger partial charge in [0.1, 0.15) is 0 Å². The number of halogens is 1. The first-order valence-electron chi connectivity index (χ1n) is 6.62. The Balaban J connectivity index is 2.81. The number of methoxy groups -OCH3 is 1. The van der Waals surface area contributed by atoms with Gasteiger partial charge in [-0.05, 0) is 37.4 Å². The number of nitrogens with one attached hydrogen (secondary N) is 1. The maximum Gasteiger partial charge on any atom is 0.168 e. The first-order valence-corrected chi connectivity index (χ1v) is 6.62. The Morgan fingerprint density at radius 2 is 2.11 bits per heavy atom. The summed E-state index contributed by atoms with van der Waals surface area (Å²) in [6, 6.07) is 5.63. The fraction of sp³-hybridized carbons (Fsp3) is 0.600. The number of rotatable bonds is 7. The molecule has 18 heavy (non-hydrogen) atoms. The van der Waals surface area contributed by atoms with Crippen LogP contribution in [0.4, 0.5) is 4.39 Å². The lowest BCUT2D eigenvalue weighted by molar-refractivity contribution is 0.359. The van der Waals surface area contributed by atoms with Crippen molar-refractivity contribution in [1.82, 2.24) is 5.32 Å². The van der Waals surface area contributed by atoms with E-state index in [0.29, 0.717) is 24.1 Å². The van der Waals surface area contributed by atoms with E-state index >= 15 is 0 Å². The van der Waals surface area contributed by atoms with Crippen molar-refractivity contribution in [2.24, 2.45) is 5.92 Å². The van der Waals surface area contributed by atoms with Gasteiger partial charge < -0.3 is 10.1 Å². The predicted molar refractivity (Wildman–Crippen MR) is 73.6 cm³/mol. The average Bonchev–Trinajstić information content (AvgIpc) is 2.37. The smallest absolute Gasteiger partial charge is 0.168 e. The van der Waals surface area contributed by atoms with Crippen molar-refractivity contribution in [2.45, 2.75) is 39.2 Å². The van der Waals surface area contributed by atoms with Gasteiger partial charge in [-0.15, -0.1) is 0 Å². The van der Waals surface area contributed by atoms with Gasteiger partial charge in [-0.2, -0.15) is 0 Å². The molecule has 0 amide bonds. The number of ether oxygens (including phenoxy) is 1. The van der Waals surface area contributed by atoms with E-state index in [-0.39, 0.29) is 5.82 Å². The minimum Gasteiger partial charge on any atom is -0.494 e. The van der Waals surface area contributed by atoms with E-state index in [1.807, 2.05) is 19.2 Å². The summed E-state index contributed by atoms with van der Waals surface area (Å²) in [6.45, 7) is 4.39. The second-order valence-corrected chi connectivity index (χ2v) is 4.80. The van der Waals surface area contributed by atoms with Crippen LogP contribution in [0.5, 0.6) is 5.75 Å². The minimum atomic E-state index is -0.232. The maximum absolute atomic E-state index is 14.1. The van der Waals surface area contributed by atoms with E-state index in [2.05, 4.69) is 19.2 Å². The van der Waals surface area contributed by atoms with Crippen molar-refractivity contribution in [3.8, 4) is 5.75 Å². The number of likely N-dealkylation sites (N-methyl/N-ethyl adjacent to an activating group) is 1. The Bertz CT molecular complexity index is 368. The van der Waals surface area contributed by atoms with Crippen molar-refractivity contribution >= 4 is 0 Å². The largest absolute Gasteiger partial charge is 0.494 e. The average molecular weight is 253 g/mol. The monoisotopic (exact) mass is 253 g/mol. The molecule has 0 aliphatic carbocycles. The van der Waals surface area contributed by atoms with Crippen LogP contribution >= 0.6 is 0 Å². The van der Waals surface area contributed by atoms with E-state index in [1.54, 1.807) is 6.07 Å². The van der Waals surface area contributed by atoms with Crippen molar-refractivity contribution in [3.63, 3.8) is 0 Å². The summed E-state index contributed by atoms with van der Waals surface area (Å²) in [5, 5.41) is 3.29. The molecule has 3 heteroatoms. The van der Waals surface area contributed by atoms with Gasteiger partial charge >= 0.3 is 0 Å². The van der Waals surface area contributed by atoms with Crippen molar-refractivity contribution in [1.29, 1.82) is 0 Å². The van der Waals surface area contributed by atoms with Crippen LogP contribution in [0.1, 0.15) is 32.3 Å². The van der Waals surface area contributed by atoms with E-state index in [1.165, 1.54) is 7.11 Å². The third kappa shape index (κ3) is 3.70. The summed E-state index contributed by atoms with van der Waals surface area (Å²) in [4.78, 5) is 0. The molecule has 0 bridgehead atoms. The number of benzene rings is 1. The molecular formula is C15H24FNO. The molecule has 0 saturated carbocycles. The Morgan fingerprint density at radius 3 is 2.67 bits per heavy atom. The predicted octanol–water partition coefficient (Wildman–Crippen LogP) is 3.40. The highest BCUT2D eigenvalue weighted by molar-refractivity contribution is 5.31. The van der Waals surface area contributed by atoms with Crippen LogP contribution in [0.2, 0.25) is 0 Å². The van der Waals surface area contributed by atoms with Gasteiger partial charge in [0, 0.05) is 6.04 Å². The van der Waals surface area contributed by atoms with Gasteiger partial charge in [0.05, 0.1) is 7.11 Å². The van der Waals surface area contributed by atoms with Crippen LogP contribution in [-0.2, 0) is 6.42 Å². The molecule has 0 aromatic heterocycles. The second kappa shape index (κ2) is 7.37. The van der Waals surface area contributed by atoms with E-state index < -0.39 is 0 Å². The van der Waals surface area contributed by atoms with Gasteiger partial charge in [0.2, 0.25) is 0 Å². The highest BCUT2D eigenvalue weighted by Gasteiger charge is 2.18. The lowest BCUT2D eigenvalue weighted by Gasteiger charge is -2.23. The SMILES string of the molecule is CCCC(C)C(Cc1cccc(OC)c1F)NC. The molecule has 102 valence electrons. The van der Waals surface area contributed by atoms with E-state index in [0.717, 1.165) is 18.4 Å². The highest BCUT2D eigenvalue weighted by atomic mass is 19.1. The Hall–Kier alpha value is -1.09. The lowest BCUT2D eigenvalue weighted by Crippen LogP contribution is -2.34. The van der Waals surface area contributed by atoms with Crippen molar-refractivity contribution in [2.75, 3.05) is 14.2 Å². The maximum atomic E-state index is 14.1. The van der Waals surface area contributed by atoms with E-state index in [9.17, 15) is 4.39 Å². The molecule has 0 aliphatic heterocycles. The van der Waals surface area contributed by atoms with Crippen LogP contribution < -0.4 is 10.1 Å². The summed E-state index contributed by atoms with van der Waals surface area (Å²) in [5.74, 6) is 0.625. The first-order chi connectivity index (χ1) is 8.63. The molecule has 0 saturated heterocycles. The molecule has 0 spiro atoms. The highest BCUT2D eigenvalue weighted by Crippen LogP contribution is 2.23. The Labute approximate surface area is 110 Å². The molecule has 1 rings (SSSR count). The molecule has 0 radical (unpaired) electrons. The minimum absolute atomic E-state index is 0.232. The molecule has 2 nitrogen and oxygen atoms in total. The Kier molecular flexibility index (Phi) is 6.13. The molecule has 1 N–H and O–H groups in total. The normalized spacial score (nSPS) is 14.3.